The van der Waals surface area contributed by atoms with E-state index in [0.29, 0.717) is 15.7 Å². The SMILES string of the molecule is Cn1nncc1C(N)c1c(F)cccc1Br. The first kappa shape index (κ1) is 11.2. The fraction of sp³-hybridized carbons (Fsp3) is 0.200. The molecule has 1 unspecified atom stereocenters. The molecule has 1 aromatic carbocycles. The third-order valence-electron chi connectivity index (χ3n) is 2.38. The minimum absolute atomic E-state index is 0.344. The Kier molecular flexibility index (Phi) is 3.02. The predicted octanol–water partition coefficient (Wildman–Crippen LogP) is 1.76. The maximum atomic E-state index is 13.7. The second kappa shape index (κ2) is 4.31. The summed E-state index contributed by atoms with van der Waals surface area (Å²) in [5.74, 6) is -0.344. The maximum Gasteiger partial charge on any atom is 0.129 e. The first-order valence-electron chi connectivity index (χ1n) is 4.65. The van der Waals surface area contributed by atoms with Gasteiger partial charge in [-0.15, -0.1) is 5.10 Å². The van der Waals surface area contributed by atoms with E-state index in [1.165, 1.54) is 16.9 Å². The van der Waals surface area contributed by atoms with Crippen LogP contribution in [-0.2, 0) is 7.05 Å². The molecule has 0 radical (unpaired) electrons. The van der Waals surface area contributed by atoms with E-state index in [4.69, 9.17) is 5.73 Å². The van der Waals surface area contributed by atoms with Gasteiger partial charge in [-0.2, -0.15) is 0 Å². The molecule has 6 heteroatoms. The Morgan fingerprint density at radius 3 is 2.81 bits per heavy atom. The van der Waals surface area contributed by atoms with Gasteiger partial charge in [0.25, 0.3) is 0 Å². The van der Waals surface area contributed by atoms with Gasteiger partial charge in [0.1, 0.15) is 5.82 Å². The van der Waals surface area contributed by atoms with E-state index in [0.717, 1.165) is 0 Å². The maximum absolute atomic E-state index is 13.7. The van der Waals surface area contributed by atoms with Crippen molar-refractivity contribution < 1.29 is 4.39 Å². The van der Waals surface area contributed by atoms with Crippen molar-refractivity contribution in [1.29, 1.82) is 0 Å². The first-order chi connectivity index (χ1) is 7.61. The van der Waals surface area contributed by atoms with Crippen LogP contribution in [0.15, 0.2) is 28.9 Å². The van der Waals surface area contributed by atoms with Crippen LogP contribution in [-0.4, -0.2) is 15.0 Å². The van der Waals surface area contributed by atoms with E-state index in [1.54, 1.807) is 19.2 Å². The standard InChI is InChI=1S/C10H10BrFN4/c1-16-8(5-14-15-16)10(13)9-6(11)3-2-4-7(9)12/h2-5,10H,13H2,1H3. The summed E-state index contributed by atoms with van der Waals surface area (Å²) >= 11 is 3.29. The summed E-state index contributed by atoms with van der Waals surface area (Å²) in [6.45, 7) is 0. The van der Waals surface area contributed by atoms with Crippen LogP contribution >= 0.6 is 15.9 Å². The normalized spacial score (nSPS) is 12.8. The van der Waals surface area contributed by atoms with E-state index in [9.17, 15) is 4.39 Å². The Morgan fingerprint density at radius 1 is 1.50 bits per heavy atom. The van der Waals surface area contributed by atoms with Crippen molar-refractivity contribution in [3.8, 4) is 0 Å². The monoisotopic (exact) mass is 284 g/mol. The Hall–Kier alpha value is -1.27. The molecule has 1 aromatic heterocycles. The largest absolute Gasteiger partial charge is 0.319 e. The lowest BCUT2D eigenvalue weighted by Crippen LogP contribution is -2.17. The van der Waals surface area contributed by atoms with E-state index in [-0.39, 0.29) is 5.82 Å². The van der Waals surface area contributed by atoms with Crippen LogP contribution in [0, 0.1) is 5.82 Å². The number of hydrogen-bond acceptors (Lipinski definition) is 3. The third kappa shape index (κ3) is 1.85. The molecule has 0 amide bonds. The van der Waals surface area contributed by atoms with Gasteiger partial charge < -0.3 is 5.73 Å². The van der Waals surface area contributed by atoms with Crippen molar-refractivity contribution in [1.82, 2.24) is 15.0 Å². The second-order valence-electron chi connectivity index (χ2n) is 3.40. The van der Waals surface area contributed by atoms with Crippen molar-refractivity contribution in [3.05, 3.63) is 45.9 Å². The molecular weight excluding hydrogens is 275 g/mol. The molecule has 0 bridgehead atoms. The van der Waals surface area contributed by atoms with Crippen LogP contribution in [0.2, 0.25) is 0 Å². The highest BCUT2D eigenvalue weighted by Crippen LogP contribution is 2.28. The molecule has 4 nitrogen and oxygen atoms in total. The molecule has 0 spiro atoms. The molecule has 0 aliphatic carbocycles. The van der Waals surface area contributed by atoms with E-state index >= 15 is 0 Å². The van der Waals surface area contributed by atoms with Gasteiger partial charge in [0.05, 0.1) is 17.9 Å². The van der Waals surface area contributed by atoms with Gasteiger partial charge in [-0.25, -0.2) is 4.39 Å². The van der Waals surface area contributed by atoms with Crippen molar-refractivity contribution in [2.24, 2.45) is 12.8 Å². The Morgan fingerprint density at radius 2 is 2.25 bits per heavy atom. The summed E-state index contributed by atoms with van der Waals surface area (Å²) in [6, 6.07) is 4.17. The lowest BCUT2D eigenvalue weighted by Gasteiger charge is -2.14. The molecule has 2 rings (SSSR count). The van der Waals surface area contributed by atoms with Crippen molar-refractivity contribution in [2.75, 3.05) is 0 Å². The molecule has 0 aliphatic rings. The lowest BCUT2D eigenvalue weighted by atomic mass is 10.0. The average molecular weight is 285 g/mol. The Balaban J connectivity index is 2.49. The number of benzene rings is 1. The molecule has 84 valence electrons. The molecule has 2 N–H and O–H groups in total. The Labute approximate surface area is 100 Å². The summed E-state index contributed by atoms with van der Waals surface area (Å²) in [5.41, 5.74) is 7.06. The topological polar surface area (TPSA) is 56.7 Å². The number of aromatic nitrogens is 3. The van der Waals surface area contributed by atoms with Gasteiger partial charge in [0.15, 0.2) is 0 Å². The highest BCUT2D eigenvalue weighted by molar-refractivity contribution is 9.10. The number of rotatable bonds is 2. The van der Waals surface area contributed by atoms with Crippen molar-refractivity contribution in [2.45, 2.75) is 6.04 Å². The summed E-state index contributed by atoms with van der Waals surface area (Å²) < 4.78 is 15.8. The summed E-state index contributed by atoms with van der Waals surface area (Å²) in [7, 11) is 1.72. The van der Waals surface area contributed by atoms with Crippen LogP contribution in [0.25, 0.3) is 0 Å². The smallest absolute Gasteiger partial charge is 0.129 e. The molecule has 1 atom stereocenters. The van der Waals surface area contributed by atoms with Gasteiger partial charge in [-0.3, -0.25) is 4.68 Å². The molecule has 16 heavy (non-hydrogen) atoms. The molecular formula is C10H10BrFN4. The highest BCUT2D eigenvalue weighted by atomic mass is 79.9. The van der Waals surface area contributed by atoms with Gasteiger partial charge in [0, 0.05) is 17.1 Å². The van der Waals surface area contributed by atoms with Gasteiger partial charge in [-0.1, -0.05) is 27.2 Å². The van der Waals surface area contributed by atoms with E-state index in [1.807, 2.05) is 0 Å². The quantitative estimate of drug-likeness (QED) is 0.914. The average Bonchev–Trinajstić information content (AvgIpc) is 2.64. The summed E-state index contributed by atoms with van der Waals surface area (Å²) in [4.78, 5) is 0. The minimum atomic E-state index is -0.587. The van der Waals surface area contributed by atoms with Gasteiger partial charge in [0.2, 0.25) is 0 Å². The number of hydrogen-bond donors (Lipinski definition) is 1. The van der Waals surface area contributed by atoms with Crippen molar-refractivity contribution in [3.63, 3.8) is 0 Å². The molecule has 0 aliphatic heterocycles. The minimum Gasteiger partial charge on any atom is -0.319 e. The molecule has 1 heterocycles. The fourth-order valence-corrected chi connectivity index (χ4v) is 2.12. The van der Waals surface area contributed by atoms with Crippen LogP contribution in [0.3, 0.4) is 0 Å². The molecule has 2 aromatic rings. The number of aryl methyl sites for hydroxylation is 1. The predicted molar refractivity (Wildman–Crippen MR) is 61.1 cm³/mol. The van der Waals surface area contributed by atoms with E-state index < -0.39 is 6.04 Å². The van der Waals surface area contributed by atoms with Crippen LogP contribution in [0.1, 0.15) is 17.3 Å². The molecule has 0 fully saturated rings. The lowest BCUT2D eigenvalue weighted by molar-refractivity contribution is 0.582. The van der Waals surface area contributed by atoms with Gasteiger partial charge in [-0.05, 0) is 12.1 Å². The zero-order valence-corrected chi connectivity index (χ0v) is 10.1. The van der Waals surface area contributed by atoms with Crippen LogP contribution in [0.5, 0.6) is 0 Å². The summed E-state index contributed by atoms with van der Waals surface area (Å²) in [6.07, 6.45) is 1.53. The van der Waals surface area contributed by atoms with Crippen LogP contribution in [0.4, 0.5) is 4.39 Å². The van der Waals surface area contributed by atoms with Gasteiger partial charge >= 0.3 is 0 Å². The first-order valence-corrected chi connectivity index (χ1v) is 5.44. The summed E-state index contributed by atoms with van der Waals surface area (Å²) in [5, 5.41) is 7.49. The van der Waals surface area contributed by atoms with Crippen LogP contribution < -0.4 is 5.73 Å². The number of nitrogens with two attached hydrogens (primary N) is 1. The Bertz CT molecular complexity index is 491. The highest BCUT2D eigenvalue weighted by Gasteiger charge is 2.19. The molecule has 0 saturated carbocycles. The number of nitrogens with zero attached hydrogens (tertiary/aromatic N) is 3. The number of halogens is 2. The van der Waals surface area contributed by atoms with E-state index in [2.05, 4.69) is 26.2 Å². The third-order valence-corrected chi connectivity index (χ3v) is 3.07. The fourth-order valence-electron chi connectivity index (χ4n) is 1.53. The zero-order valence-electron chi connectivity index (χ0n) is 8.56. The zero-order chi connectivity index (χ0) is 11.7. The van der Waals surface area contributed by atoms with Crippen molar-refractivity contribution >= 4 is 15.9 Å². The molecule has 0 saturated heterocycles. The second-order valence-corrected chi connectivity index (χ2v) is 4.25.